The van der Waals surface area contributed by atoms with Crippen LogP contribution in [-0.4, -0.2) is 31.5 Å². The number of aliphatic hydroxyl groups is 1. The summed E-state index contributed by atoms with van der Waals surface area (Å²) in [4.78, 5) is 11.5. The van der Waals surface area contributed by atoms with Gasteiger partial charge >= 0.3 is 5.97 Å². The molecule has 0 amide bonds. The van der Waals surface area contributed by atoms with Gasteiger partial charge in [-0.2, -0.15) is 0 Å². The number of aromatic hydroxyl groups is 1. The first-order valence-electron chi connectivity index (χ1n) is 9.11. The minimum atomic E-state index is -1.97. The van der Waals surface area contributed by atoms with Crippen molar-refractivity contribution in [2.45, 2.75) is 45.6 Å². The van der Waals surface area contributed by atoms with Gasteiger partial charge in [-0.15, -0.1) is 0 Å². The summed E-state index contributed by atoms with van der Waals surface area (Å²) < 4.78 is 15.8. The molecule has 5 nitrogen and oxygen atoms in total. The molecule has 0 bridgehead atoms. The van der Waals surface area contributed by atoms with Gasteiger partial charge in [0.1, 0.15) is 11.6 Å². The summed E-state index contributed by atoms with van der Waals surface area (Å²) in [6.45, 7) is 6.88. The molecule has 0 aliphatic heterocycles. The van der Waals surface area contributed by atoms with Gasteiger partial charge in [-0.1, -0.05) is 13.8 Å². The lowest BCUT2D eigenvalue weighted by Crippen LogP contribution is -2.37. The van der Waals surface area contributed by atoms with Crippen LogP contribution in [0, 0.1) is 12.7 Å². The lowest BCUT2D eigenvalue weighted by Gasteiger charge is -2.21. The number of halogens is 1. The van der Waals surface area contributed by atoms with Crippen LogP contribution >= 0.6 is 0 Å². The maximum absolute atomic E-state index is 13.8. The number of aromatic nitrogens is 1. The second-order valence-electron chi connectivity index (χ2n) is 7.74. The van der Waals surface area contributed by atoms with E-state index in [-0.39, 0.29) is 23.9 Å². The van der Waals surface area contributed by atoms with Crippen LogP contribution in [0.2, 0.25) is 0 Å². The van der Waals surface area contributed by atoms with Crippen molar-refractivity contribution < 1.29 is 24.5 Å². The van der Waals surface area contributed by atoms with Gasteiger partial charge in [0.05, 0.1) is 5.52 Å². The van der Waals surface area contributed by atoms with E-state index in [2.05, 4.69) is 0 Å². The maximum Gasteiger partial charge on any atom is 0.335 e. The number of nitrogens with zero attached hydrogens (tertiary/aromatic N) is 1. The smallest absolute Gasteiger partial charge is 0.335 e. The molecule has 3 rings (SSSR count). The lowest BCUT2D eigenvalue weighted by atomic mass is 9.91. The lowest BCUT2D eigenvalue weighted by molar-refractivity contribution is -0.156. The average Bonchev–Trinajstić information content (AvgIpc) is 2.90. The molecule has 0 aliphatic carbocycles. The Morgan fingerprint density at radius 1 is 1.21 bits per heavy atom. The van der Waals surface area contributed by atoms with Gasteiger partial charge in [-0.25, -0.2) is 9.18 Å². The summed E-state index contributed by atoms with van der Waals surface area (Å²) in [6.07, 6.45) is -0.122. The number of aryl methyl sites for hydroxylation is 1. The van der Waals surface area contributed by atoms with Gasteiger partial charge in [-0.05, 0) is 67.3 Å². The zero-order valence-electron chi connectivity index (χ0n) is 16.3. The molecule has 0 saturated carbocycles. The van der Waals surface area contributed by atoms with Gasteiger partial charge in [0.25, 0.3) is 0 Å². The summed E-state index contributed by atoms with van der Waals surface area (Å²) in [5, 5.41) is 30.5. The number of benzene rings is 2. The number of carbonyl (C=O) groups is 1. The molecule has 0 saturated heterocycles. The Balaban J connectivity index is 2.39. The van der Waals surface area contributed by atoms with Gasteiger partial charge < -0.3 is 19.9 Å². The molecule has 6 heteroatoms. The molecule has 1 atom stereocenters. The average molecular weight is 385 g/mol. The molecule has 0 fully saturated rings. The Kier molecular flexibility index (Phi) is 4.93. The molecular formula is C22H24FNO4. The topological polar surface area (TPSA) is 82.7 Å². The van der Waals surface area contributed by atoms with E-state index in [4.69, 9.17) is 0 Å². The number of hydrogen-bond donors (Lipinski definition) is 3. The zero-order valence-corrected chi connectivity index (χ0v) is 16.3. The summed E-state index contributed by atoms with van der Waals surface area (Å²) in [6, 6.07) is 9.66. The Hall–Kier alpha value is -2.86. The van der Waals surface area contributed by atoms with Crippen molar-refractivity contribution in [3.8, 4) is 11.4 Å². The van der Waals surface area contributed by atoms with E-state index in [9.17, 15) is 24.5 Å². The predicted molar refractivity (Wildman–Crippen MR) is 106 cm³/mol. The second kappa shape index (κ2) is 6.95. The number of carboxylic acids is 1. The summed E-state index contributed by atoms with van der Waals surface area (Å²) in [7, 11) is 0. The molecule has 0 aliphatic rings. The van der Waals surface area contributed by atoms with E-state index in [1.54, 1.807) is 37.3 Å². The Labute approximate surface area is 162 Å². The quantitative estimate of drug-likeness (QED) is 0.612. The standard InChI is InChI=1S/C22H24FNO4/c1-12(2)20-17(11-22(4,28)21(26)27)16-10-15(25)6-8-19(16)24(20)14-5-7-18(23)13(3)9-14/h5-10,12,25,28H,11H2,1-4H3,(H,26,27). The molecular weight excluding hydrogens is 361 g/mol. The van der Waals surface area contributed by atoms with Gasteiger partial charge in [0.15, 0.2) is 5.60 Å². The number of fused-ring (bicyclic) bond motifs is 1. The number of phenolic OH excluding ortho intramolecular Hbond substituents is 1. The van der Waals surface area contributed by atoms with Crippen molar-refractivity contribution in [3.05, 3.63) is 59.0 Å². The van der Waals surface area contributed by atoms with E-state index in [1.165, 1.54) is 13.0 Å². The summed E-state index contributed by atoms with van der Waals surface area (Å²) in [5.41, 5.74) is 1.48. The first-order valence-corrected chi connectivity index (χ1v) is 9.11. The molecule has 1 unspecified atom stereocenters. The zero-order chi connectivity index (χ0) is 20.8. The van der Waals surface area contributed by atoms with Crippen LogP contribution in [-0.2, 0) is 11.2 Å². The molecule has 3 aromatic rings. The van der Waals surface area contributed by atoms with E-state index in [0.29, 0.717) is 16.5 Å². The van der Waals surface area contributed by atoms with E-state index in [1.807, 2.05) is 18.4 Å². The fraction of sp³-hybridized carbons (Fsp3) is 0.318. The van der Waals surface area contributed by atoms with E-state index in [0.717, 1.165) is 16.9 Å². The van der Waals surface area contributed by atoms with Gasteiger partial charge in [0, 0.05) is 23.2 Å². The van der Waals surface area contributed by atoms with E-state index >= 15 is 0 Å². The minimum absolute atomic E-state index is 0.0144. The molecule has 148 valence electrons. The minimum Gasteiger partial charge on any atom is -0.508 e. The third-order valence-corrected chi connectivity index (χ3v) is 5.02. The van der Waals surface area contributed by atoms with Crippen molar-refractivity contribution in [2.75, 3.05) is 0 Å². The van der Waals surface area contributed by atoms with Crippen molar-refractivity contribution in [1.29, 1.82) is 0 Å². The SMILES string of the molecule is Cc1cc(-n2c(C(C)C)c(CC(C)(O)C(=O)O)c3cc(O)ccc32)ccc1F. The van der Waals surface area contributed by atoms with Crippen LogP contribution in [0.25, 0.3) is 16.6 Å². The fourth-order valence-corrected chi connectivity index (χ4v) is 3.62. The number of aliphatic carboxylic acids is 1. The molecule has 1 aromatic heterocycles. The van der Waals surface area contributed by atoms with Crippen LogP contribution < -0.4 is 0 Å². The molecule has 28 heavy (non-hydrogen) atoms. The van der Waals surface area contributed by atoms with Crippen LogP contribution in [0.1, 0.15) is 43.5 Å². The summed E-state index contributed by atoms with van der Waals surface area (Å²) >= 11 is 0. The molecule has 1 heterocycles. The van der Waals surface area contributed by atoms with Crippen LogP contribution in [0.3, 0.4) is 0 Å². The number of phenols is 1. The van der Waals surface area contributed by atoms with Crippen molar-refractivity contribution >= 4 is 16.9 Å². The van der Waals surface area contributed by atoms with Gasteiger partial charge in [-0.3, -0.25) is 0 Å². The molecule has 3 N–H and O–H groups in total. The Morgan fingerprint density at radius 3 is 2.46 bits per heavy atom. The molecule has 0 spiro atoms. The first-order chi connectivity index (χ1) is 13.0. The van der Waals surface area contributed by atoms with Crippen LogP contribution in [0.15, 0.2) is 36.4 Å². The molecule has 2 aromatic carbocycles. The predicted octanol–water partition coefficient (Wildman–Crippen LogP) is 4.29. The van der Waals surface area contributed by atoms with Crippen molar-refractivity contribution in [1.82, 2.24) is 4.57 Å². The van der Waals surface area contributed by atoms with Crippen molar-refractivity contribution in [3.63, 3.8) is 0 Å². The van der Waals surface area contributed by atoms with Crippen LogP contribution in [0.4, 0.5) is 4.39 Å². The Bertz CT molecular complexity index is 1070. The maximum atomic E-state index is 13.8. The third-order valence-electron chi connectivity index (χ3n) is 5.02. The second-order valence-corrected chi connectivity index (χ2v) is 7.74. The number of hydrogen-bond acceptors (Lipinski definition) is 3. The number of rotatable bonds is 5. The monoisotopic (exact) mass is 385 g/mol. The highest BCUT2D eigenvalue weighted by Gasteiger charge is 2.34. The highest BCUT2D eigenvalue weighted by Crippen LogP contribution is 2.38. The van der Waals surface area contributed by atoms with Crippen molar-refractivity contribution in [2.24, 2.45) is 0 Å². The molecule has 0 radical (unpaired) electrons. The highest BCUT2D eigenvalue weighted by atomic mass is 19.1. The number of carboxylic acid groups (broad SMARTS) is 1. The van der Waals surface area contributed by atoms with Gasteiger partial charge in [0.2, 0.25) is 0 Å². The normalized spacial score (nSPS) is 13.8. The Morgan fingerprint density at radius 2 is 1.89 bits per heavy atom. The fourth-order valence-electron chi connectivity index (χ4n) is 3.62. The first kappa shape index (κ1) is 19.9. The van der Waals surface area contributed by atoms with E-state index < -0.39 is 11.6 Å². The third kappa shape index (κ3) is 3.36. The largest absolute Gasteiger partial charge is 0.508 e. The highest BCUT2D eigenvalue weighted by molar-refractivity contribution is 5.90. The van der Waals surface area contributed by atoms with Crippen LogP contribution in [0.5, 0.6) is 5.75 Å². The summed E-state index contributed by atoms with van der Waals surface area (Å²) in [5.74, 6) is -1.59.